The lowest BCUT2D eigenvalue weighted by molar-refractivity contribution is -0.137. The van der Waals surface area contributed by atoms with Gasteiger partial charge in [0.1, 0.15) is 11.6 Å². The normalized spacial score (nSPS) is 19.3. The van der Waals surface area contributed by atoms with Gasteiger partial charge in [-0.2, -0.15) is 8.42 Å². The Morgan fingerprint density at radius 3 is 2.50 bits per heavy atom. The van der Waals surface area contributed by atoms with Crippen LogP contribution in [0.5, 0.6) is 5.75 Å². The number of para-hydroxylation sites is 1. The molecule has 1 aliphatic rings. The molecule has 0 aromatic heterocycles. The van der Waals surface area contributed by atoms with Crippen LogP contribution in [0, 0.1) is 11.2 Å². The van der Waals surface area contributed by atoms with Crippen LogP contribution in [-0.4, -0.2) is 45.7 Å². The smallest absolute Gasteiger partial charge is 0.264 e. The Balaban J connectivity index is 1.82. The second kappa shape index (κ2) is 9.14. The number of ether oxygens (including phenoxy) is 1. The van der Waals surface area contributed by atoms with E-state index in [1.54, 1.807) is 24.1 Å². The molecule has 2 aromatic carbocycles. The number of carbonyl (C=O) groups is 1. The molecular weight excluding hydrogens is 409 g/mol. The number of rotatable bonds is 9. The molecule has 1 atom stereocenters. The molecule has 0 bridgehead atoms. The molecule has 1 heterocycles. The summed E-state index contributed by atoms with van der Waals surface area (Å²) in [5.74, 6) is 0.306. The van der Waals surface area contributed by atoms with Gasteiger partial charge in [0, 0.05) is 18.7 Å². The van der Waals surface area contributed by atoms with Gasteiger partial charge in [-0.15, -0.1) is 0 Å². The molecule has 1 saturated heterocycles. The highest BCUT2D eigenvalue weighted by atomic mass is 32.2. The van der Waals surface area contributed by atoms with Crippen molar-refractivity contribution in [3.63, 3.8) is 0 Å². The summed E-state index contributed by atoms with van der Waals surface area (Å²) in [6.07, 6.45) is 2.20. The van der Waals surface area contributed by atoms with Gasteiger partial charge >= 0.3 is 0 Å². The van der Waals surface area contributed by atoms with Crippen LogP contribution in [0.25, 0.3) is 0 Å². The monoisotopic (exact) mass is 435 g/mol. The Morgan fingerprint density at radius 2 is 1.83 bits per heavy atom. The van der Waals surface area contributed by atoms with Crippen molar-refractivity contribution in [1.29, 1.82) is 0 Å². The van der Waals surface area contributed by atoms with E-state index in [0.29, 0.717) is 31.7 Å². The topological polar surface area (TPSA) is 72.9 Å². The van der Waals surface area contributed by atoms with Crippen LogP contribution in [0.3, 0.4) is 0 Å². The zero-order valence-electron chi connectivity index (χ0n) is 17.1. The van der Waals surface area contributed by atoms with Crippen LogP contribution >= 0.6 is 0 Å². The minimum Gasteiger partial charge on any atom is -0.496 e. The molecule has 1 unspecified atom stereocenters. The summed E-state index contributed by atoms with van der Waals surface area (Å²) >= 11 is 0. The molecule has 0 radical (unpaired) electrons. The summed E-state index contributed by atoms with van der Waals surface area (Å²) in [5.41, 5.74) is 0.923. The van der Waals surface area contributed by atoms with E-state index < -0.39 is 15.5 Å². The quantitative estimate of drug-likeness (QED) is 0.566. The van der Waals surface area contributed by atoms with Crippen molar-refractivity contribution in [2.75, 3.05) is 26.5 Å². The number of hydrogen-bond acceptors (Lipinski definition) is 5. The van der Waals surface area contributed by atoms with Crippen molar-refractivity contribution >= 4 is 16.0 Å². The van der Waals surface area contributed by atoms with E-state index in [-0.39, 0.29) is 24.8 Å². The van der Waals surface area contributed by atoms with Gasteiger partial charge in [0.25, 0.3) is 10.1 Å². The second-order valence-corrected chi connectivity index (χ2v) is 9.29. The maximum atomic E-state index is 13.5. The molecule has 0 spiro atoms. The van der Waals surface area contributed by atoms with E-state index in [9.17, 15) is 17.6 Å². The van der Waals surface area contributed by atoms with Crippen LogP contribution in [-0.2, 0) is 32.1 Å². The number of likely N-dealkylation sites (tertiary alicyclic amines) is 1. The molecule has 0 aliphatic carbocycles. The molecule has 2 aromatic rings. The standard InChI is InChI=1S/C22H26FNO5S/c1-28-20-6-4-3-5-18(20)16-24-13-11-22(21(24)25,12-14-29-30(2,26)27)15-17-7-9-19(23)10-8-17/h3-10H,11-16H2,1-2H3. The van der Waals surface area contributed by atoms with E-state index in [1.165, 1.54) is 12.1 Å². The van der Waals surface area contributed by atoms with E-state index in [0.717, 1.165) is 17.4 Å². The lowest BCUT2D eigenvalue weighted by Crippen LogP contribution is -2.37. The van der Waals surface area contributed by atoms with Crippen molar-refractivity contribution in [1.82, 2.24) is 4.90 Å². The van der Waals surface area contributed by atoms with Crippen LogP contribution in [0.2, 0.25) is 0 Å². The molecule has 162 valence electrons. The van der Waals surface area contributed by atoms with Crippen LogP contribution < -0.4 is 4.74 Å². The lowest BCUT2D eigenvalue weighted by atomic mass is 9.77. The highest BCUT2D eigenvalue weighted by Crippen LogP contribution is 2.40. The van der Waals surface area contributed by atoms with Gasteiger partial charge in [0.15, 0.2) is 0 Å². The van der Waals surface area contributed by atoms with Crippen molar-refractivity contribution in [3.8, 4) is 5.75 Å². The number of halogens is 1. The highest BCUT2D eigenvalue weighted by Gasteiger charge is 2.46. The Hall–Kier alpha value is -2.45. The molecule has 1 amide bonds. The molecule has 1 fully saturated rings. The van der Waals surface area contributed by atoms with Crippen LogP contribution in [0.4, 0.5) is 4.39 Å². The van der Waals surface area contributed by atoms with E-state index >= 15 is 0 Å². The first-order valence-electron chi connectivity index (χ1n) is 9.72. The minimum absolute atomic E-state index is 0.0603. The third-order valence-electron chi connectivity index (χ3n) is 5.49. The Labute approximate surface area is 176 Å². The predicted octanol–water partition coefficient (Wildman–Crippen LogP) is 3.16. The van der Waals surface area contributed by atoms with Crippen molar-refractivity contribution in [3.05, 3.63) is 65.5 Å². The molecule has 0 saturated carbocycles. The number of nitrogens with zero attached hydrogens (tertiary/aromatic N) is 1. The van der Waals surface area contributed by atoms with Gasteiger partial charge in [-0.05, 0) is 43.0 Å². The minimum atomic E-state index is -3.60. The second-order valence-electron chi connectivity index (χ2n) is 7.65. The summed E-state index contributed by atoms with van der Waals surface area (Å²) in [6.45, 7) is 0.867. The maximum absolute atomic E-state index is 13.5. The number of benzene rings is 2. The first kappa shape index (κ1) is 22.2. The van der Waals surface area contributed by atoms with Crippen LogP contribution in [0.1, 0.15) is 24.0 Å². The fourth-order valence-corrected chi connectivity index (χ4v) is 4.33. The van der Waals surface area contributed by atoms with Crippen LogP contribution in [0.15, 0.2) is 48.5 Å². The summed E-state index contributed by atoms with van der Waals surface area (Å²) in [6, 6.07) is 13.6. The van der Waals surface area contributed by atoms with Crippen molar-refractivity contribution < 1.29 is 26.5 Å². The van der Waals surface area contributed by atoms with Gasteiger partial charge in [-0.1, -0.05) is 30.3 Å². The first-order valence-corrected chi connectivity index (χ1v) is 11.5. The van der Waals surface area contributed by atoms with Crippen molar-refractivity contribution in [2.24, 2.45) is 5.41 Å². The predicted molar refractivity (Wildman–Crippen MR) is 111 cm³/mol. The average Bonchev–Trinajstić information content (AvgIpc) is 2.99. The fourth-order valence-electron chi connectivity index (χ4n) is 3.95. The Bertz CT molecular complexity index is 993. The molecule has 8 heteroatoms. The number of hydrogen-bond donors (Lipinski definition) is 0. The Morgan fingerprint density at radius 1 is 1.13 bits per heavy atom. The largest absolute Gasteiger partial charge is 0.496 e. The number of amides is 1. The third kappa shape index (κ3) is 5.37. The zero-order chi connectivity index (χ0) is 21.8. The SMILES string of the molecule is COc1ccccc1CN1CCC(CCOS(C)(=O)=O)(Cc2ccc(F)cc2)C1=O. The molecular formula is C22H26FNO5S. The lowest BCUT2D eigenvalue weighted by Gasteiger charge is -2.28. The summed E-state index contributed by atoms with van der Waals surface area (Å²) in [4.78, 5) is 15.2. The summed E-state index contributed by atoms with van der Waals surface area (Å²) < 4.78 is 46.4. The van der Waals surface area contributed by atoms with Crippen molar-refractivity contribution in [2.45, 2.75) is 25.8 Å². The van der Waals surface area contributed by atoms with Gasteiger partial charge in [0.05, 0.1) is 25.4 Å². The van der Waals surface area contributed by atoms with E-state index in [1.807, 2.05) is 24.3 Å². The molecule has 0 N–H and O–H groups in total. The number of methoxy groups -OCH3 is 1. The summed E-state index contributed by atoms with van der Waals surface area (Å²) in [5, 5.41) is 0. The fraction of sp³-hybridized carbons (Fsp3) is 0.409. The molecule has 6 nitrogen and oxygen atoms in total. The van der Waals surface area contributed by atoms with Gasteiger partial charge in [-0.3, -0.25) is 8.98 Å². The van der Waals surface area contributed by atoms with Gasteiger partial charge < -0.3 is 9.64 Å². The average molecular weight is 436 g/mol. The molecule has 1 aliphatic heterocycles. The zero-order valence-corrected chi connectivity index (χ0v) is 18.0. The molecule has 3 rings (SSSR count). The molecule has 30 heavy (non-hydrogen) atoms. The Kier molecular flexibility index (Phi) is 6.77. The van der Waals surface area contributed by atoms with E-state index in [4.69, 9.17) is 8.92 Å². The number of carbonyl (C=O) groups excluding carboxylic acids is 1. The maximum Gasteiger partial charge on any atom is 0.264 e. The third-order valence-corrected chi connectivity index (χ3v) is 6.08. The summed E-state index contributed by atoms with van der Waals surface area (Å²) in [7, 11) is -2.01. The van der Waals surface area contributed by atoms with Gasteiger partial charge in [0.2, 0.25) is 5.91 Å². The highest BCUT2D eigenvalue weighted by molar-refractivity contribution is 7.85. The van der Waals surface area contributed by atoms with E-state index in [2.05, 4.69) is 0 Å². The van der Waals surface area contributed by atoms with Gasteiger partial charge in [-0.25, -0.2) is 4.39 Å². The first-order chi connectivity index (χ1) is 14.2.